The maximum absolute atomic E-state index is 12.3. The smallest absolute Gasteiger partial charge is 0.290 e. The first-order valence-electron chi connectivity index (χ1n) is 7.76. The summed E-state index contributed by atoms with van der Waals surface area (Å²) in [6.45, 7) is 4.12. The second-order valence-corrected chi connectivity index (χ2v) is 5.54. The van der Waals surface area contributed by atoms with E-state index in [9.17, 15) is 4.79 Å². The third kappa shape index (κ3) is 3.65. The molecule has 128 valence electrons. The van der Waals surface area contributed by atoms with Crippen molar-refractivity contribution < 1.29 is 14.1 Å². The van der Waals surface area contributed by atoms with Gasteiger partial charge in [0.15, 0.2) is 0 Å². The minimum atomic E-state index is -0.364. The number of nitrogens with one attached hydrogen (secondary N) is 1. The molecule has 0 radical (unpaired) electrons. The van der Waals surface area contributed by atoms with Crippen LogP contribution in [0.1, 0.15) is 27.4 Å². The number of hydrogen-bond donors (Lipinski definition) is 1. The number of carbonyl (C=O) groups is 1. The molecule has 7 nitrogen and oxygen atoms in total. The van der Waals surface area contributed by atoms with Crippen LogP contribution in [0.4, 0.5) is 0 Å². The van der Waals surface area contributed by atoms with Crippen molar-refractivity contribution in [2.75, 3.05) is 7.11 Å². The fourth-order valence-corrected chi connectivity index (χ4v) is 2.49. The predicted octanol–water partition coefficient (Wildman–Crippen LogP) is 2.69. The largest absolute Gasteiger partial charge is 0.481 e. The lowest BCUT2D eigenvalue weighted by atomic mass is 10.1. The average Bonchev–Trinajstić information content (AvgIpc) is 3.11. The van der Waals surface area contributed by atoms with E-state index in [1.54, 1.807) is 25.4 Å². The van der Waals surface area contributed by atoms with Gasteiger partial charge in [-0.25, -0.2) is 4.98 Å². The molecule has 0 aliphatic carbocycles. The van der Waals surface area contributed by atoms with Crippen LogP contribution in [0.15, 0.2) is 41.1 Å². The van der Waals surface area contributed by atoms with E-state index in [1.807, 2.05) is 32.0 Å². The van der Waals surface area contributed by atoms with Gasteiger partial charge in [-0.05, 0) is 37.6 Å². The van der Waals surface area contributed by atoms with Gasteiger partial charge in [0.1, 0.15) is 5.69 Å². The van der Waals surface area contributed by atoms with E-state index < -0.39 is 0 Å². The van der Waals surface area contributed by atoms with Gasteiger partial charge in [0.05, 0.1) is 12.8 Å². The van der Waals surface area contributed by atoms with Crippen LogP contribution in [0.2, 0.25) is 0 Å². The summed E-state index contributed by atoms with van der Waals surface area (Å²) in [6.07, 6.45) is 1.66. The van der Waals surface area contributed by atoms with E-state index in [2.05, 4.69) is 20.4 Å². The molecular weight excluding hydrogens is 320 g/mol. The van der Waals surface area contributed by atoms with Gasteiger partial charge in [-0.1, -0.05) is 11.2 Å². The molecule has 0 bridgehead atoms. The lowest BCUT2D eigenvalue weighted by Gasteiger charge is -2.12. The van der Waals surface area contributed by atoms with Gasteiger partial charge in [-0.15, -0.1) is 0 Å². The molecule has 0 aliphatic heterocycles. The highest BCUT2D eigenvalue weighted by molar-refractivity contribution is 5.92. The van der Waals surface area contributed by atoms with E-state index in [0.29, 0.717) is 17.3 Å². The lowest BCUT2D eigenvalue weighted by molar-refractivity contribution is 0.0913. The Balaban J connectivity index is 1.73. The van der Waals surface area contributed by atoms with E-state index in [-0.39, 0.29) is 18.2 Å². The summed E-state index contributed by atoms with van der Waals surface area (Å²) in [5.74, 6) is 0.263. The van der Waals surface area contributed by atoms with Crippen LogP contribution in [-0.2, 0) is 6.54 Å². The van der Waals surface area contributed by atoms with Crippen molar-refractivity contribution in [2.24, 2.45) is 0 Å². The van der Waals surface area contributed by atoms with Gasteiger partial charge in [0, 0.05) is 30.1 Å². The van der Waals surface area contributed by atoms with Crippen LogP contribution >= 0.6 is 0 Å². The van der Waals surface area contributed by atoms with E-state index in [4.69, 9.17) is 9.26 Å². The number of pyridine rings is 2. The second kappa shape index (κ2) is 7.12. The monoisotopic (exact) mass is 338 g/mol. The molecule has 7 heteroatoms. The van der Waals surface area contributed by atoms with Crippen molar-refractivity contribution in [3.05, 3.63) is 59.1 Å². The molecule has 0 saturated heterocycles. The highest BCUT2D eigenvalue weighted by atomic mass is 16.5. The Labute approximate surface area is 145 Å². The third-order valence-electron chi connectivity index (χ3n) is 3.72. The molecule has 0 fully saturated rings. The Morgan fingerprint density at radius 2 is 2.08 bits per heavy atom. The van der Waals surface area contributed by atoms with Crippen LogP contribution in [0.5, 0.6) is 5.88 Å². The van der Waals surface area contributed by atoms with Crippen LogP contribution in [0.3, 0.4) is 0 Å². The number of methoxy groups -OCH3 is 1. The summed E-state index contributed by atoms with van der Waals surface area (Å²) in [7, 11) is 1.56. The number of aryl methyl sites for hydroxylation is 2. The summed E-state index contributed by atoms with van der Waals surface area (Å²) < 4.78 is 10.4. The SMILES string of the molecule is COc1nc(C)cc(C)c1CNC(=O)c1cc(-c2ccccn2)no1. The molecule has 1 amide bonds. The standard InChI is InChI=1S/C18H18N4O3/c1-11-8-12(2)21-18(24-3)13(11)10-20-17(23)16-9-15(22-25-16)14-6-4-5-7-19-14/h4-9H,10H2,1-3H3,(H,20,23). The second-order valence-electron chi connectivity index (χ2n) is 5.54. The molecule has 3 aromatic rings. The molecule has 3 aromatic heterocycles. The lowest BCUT2D eigenvalue weighted by Crippen LogP contribution is -2.23. The van der Waals surface area contributed by atoms with Crippen molar-refractivity contribution in [3.63, 3.8) is 0 Å². The van der Waals surface area contributed by atoms with Crippen molar-refractivity contribution in [3.8, 4) is 17.3 Å². The van der Waals surface area contributed by atoms with Gasteiger partial charge in [-0.3, -0.25) is 9.78 Å². The van der Waals surface area contributed by atoms with E-state index in [1.165, 1.54) is 0 Å². The van der Waals surface area contributed by atoms with Gasteiger partial charge in [0.25, 0.3) is 5.91 Å². The van der Waals surface area contributed by atoms with Crippen molar-refractivity contribution >= 4 is 5.91 Å². The van der Waals surface area contributed by atoms with Crippen LogP contribution in [-0.4, -0.2) is 28.1 Å². The highest BCUT2D eigenvalue weighted by Gasteiger charge is 2.16. The molecular formula is C18H18N4O3. The van der Waals surface area contributed by atoms with Crippen molar-refractivity contribution in [1.82, 2.24) is 20.4 Å². The summed E-state index contributed by atoms with van der Waals surface area (Å²) in [5.41, 5.74) is 3.84. The first-order valence-corrected chi connectivity index (χ1v) is 7.76. The first-order chi connectivity index (χ1) is 12.1. The van der Waals surface area contributed by atoms with E-state index >= 15 is 0 Å². The molecule has 25 heavy (non-hydrogen) atoms. The number of carbonyl (C=O) groups excluding carboxylic acids is 1. The number of amides is 1. The Kier molecular flexibility index (Phi) is 4.74. The molecule has 3 heterocycles. The van der Waals surface area contributed by atoms with Crippen molar-refractivity contribution in [1.29, 1.82) is 0 Å². The summed E-state index contributed by atoms with van der Waals surface area (Å²) in [4.78, 5) is 20.8. The molecule has 0 unspecified atom stereocenters. The Morgan fingerprint density at radius 3 is 2.80 bits per heavy atom. The summed E-state index contributed by atoms with van der Waals surface area (Å²) in [6, 6.07) is 8.96. The fourth-order valence-electron chi connectivity index (χ4n) is 2.49. The third-order valence-corrected chi connectivity index (χ3v) is 3.72. The Morgan fingerprint density at radius 1 is 1.24 bits per heavy atom. The maximum Gasteiger partial charge on any atom is 0.290 e. The van der Waals surface area contributed by atoms with Gasteiger partial charge in [-0.2, -0.15) is 0 Å². The van der Waals surface area contributed by atoms with E-state index in [0.717, 1.165) is 16.8 Å². The van der Waals surface area contributed by atoms with Gasteiger partial charge < -0.3 is 14.6 Å². The minimum absolute atomic E-state index is 0.123. The molecule has 0 atom stereocenters. The molecule has 0 aromatic carbocycles. The summed E-state index contributed by atoms with van der Waals surface area (Å²) >= 11 is 0. The topological polar surface area (TPSA) is 90.1 Å². The quantitative estimate of drug-likeness (QED) is 0.769. The number of rotatable bonds is 5. The molecule has 1 N–H and O–H groups in total. The van der Waals surface area contributed by atoms with Gasteiger partial charge >= 0.3 is 0 Å². The van der Waals surface area contributed by atoms with Crippen LogP contribution < -0.4 is 10.1 Å². The zero-order chi connectivity index (χ0) is 17.8. The number of ether oxygens (including phenoxy) is 1. The van der Waals surface area contributed by atoms with Crippen molar-refractivity contribution in [2.45, 2.75) is 20.4 Å². The number of nitrogens with zero attached hydrogens (tertiary/aromatic N) is 3. The molecule has 3 rings (SSSR count). The predicted molar refractivity (Wildman–Crippen MR) is 91.2 cm³/mol. The highest BCUT2D eigenvalue weighted by Crippen LogP contribution is 2.21. The zero-order valence-electron chi connectivity index (χ0n) is 14.2. The summed E-state index contributed by atoms with van der Waals surface area (Å²) in [5, 5.41) is 6.69. The Bertz CT molecular complexity index is 891. The number of hydrogen-bond acceptors (Lipinski definition) is 6. The fraction of sp³-hybridized carbons (Fsp3) is 0.222. The van der Waals surface area contributed by atoms with Crippen LogP contribution in [0, 0.1) is 13.8 Å². The zero-order valence-corrected chi connectivity index (χ0v) is 14.2. The van der Waals surface area contributed by atoms with Crippen LogP contribution in [0.25, 0.3) is 11.4 Å². The molecule has 0 spiro atoms. The normalized spacial score (nSPS) is 10.5. The Hall–Kier alpha value is -3.22. The first kappa shape index (κ1) is 16.6. The maximum atomic E-state index is 12.3. The number of aromatic nitrogens is 3. The van der Waals surface area contributed by atoms with Gasteiger partial charge in [0.2, 0.25) is 11.6 Å². The molecule has 0 saturated carbocycles. The average molecular weight is 338 g/mol. The minimum Gasteiger partial charge on any atom is -0.481 e. The molecule has 0 aliphatic rings.